The van der Waals surface area contributed by atoms with Crippen molar-refractivity contribution in [3.63, 3.8) is 0 Å². The van der Waals surface area contributed by atoms with Gasteiger partial charge in [0.15, 0.2) is 0 Å². The minimum Gasteiger partial charge on any atom is -0.334 e. The van der Waals surface area contributed by atoms with Crippen LogP contribution < -0.4 is 5.32 Å². The highest BCUT2D eigenvalue weighted by molar-refractivity contribution is 5.74. The zero-order chi connectivity index (χ0) is 14.5. The van der Waals surface area contributed by atoms with Crippen LogP contribution in [0.4, 0.5) is 4.79 Å². The van der Waals surface area contributed by atoms with Crippen LogP contribution in [0.15, 0.2) is 60.7 Å². The molecular weight excluding hydrogens is 260 g/mol. The summed E-state index contributed by atoms with van der Waals surface area (Å²) in [6.45, 7) is 2.23. The van der Waals surface area contributed by atoms with Gasteiger partial charge < -0.3 is 10.2 Å². The molecule has 1 aliphatic rings. The summed E-state index contributed by atoms with van der Waals surface area (Å²) in [5.74, 6) is 0.466. The second-order valence-corrected chi connectivity index (χ2v) is 5.49. The zero-order valence-corrected chi connectivity index (χ0v) is 12.0. The third kappa shape index (κ3) is 3.43. The predicted octanol–water partition coefficient (Wildman–Crippen LogP) is 3.39. The van der Waals surface area contributed by atoms with E-state index in [1.165, 1.54) is 5.56 Å². The first-order valence-electron chi connectivity index (χ1n) is 7.44. The Morgan fingerprint density at radius 3 is 2.43 bits per heavy atom. The molecule has 1 N–H and O–H groups in total. The Kier molecular flexibility index (Phi) is 4.20. The van der Waals surface area contributed by atoms with Gasteiger partial charge in [0.2, 0.25) is 0 Å². The number of hydrogen-bond donors (Lipinski definition) is 1. The molecule has 2 aromatic carbocycles. The van der Waals surface area contributed by atoms with Gasteiger partial charge in [-0.2, -0.15) is 0 Å². The van der Waals surface area contributed by atoms with Gasteiger partial charge in [0.1, 0.15) is 0 Å². The predicted molar refractivity (Wildman–Crippen MR) is 84.1 cm³/mol. The third-order valence-corrected chi connectivity index (χ3v) is 4.03. The first-order valence-corrected chi connectivity index (χ1v) is 7.44. The minimum atomic E-state index is 0.0392. The molecule has 3 nitrogen and oxygen atoms in total. The molecule has 2 amide bonds. The lowest BCUT2D eigenvalue weighted by Crippen LogP contribution is -2.37. The summed E-state index contributed by atoms with van der Waals surface area (Å²) in [6, 6.07) is 20.5. The number of nitrogens with one attached hydrogen (secondary N) is 1. The normalized spacial score (nSPS) is 17.7. The van der Waals surface area contributed by atoms with Gasteiger partial charge in [0.25, 0.3) is 0 Å². The van der Waals surface area contributed by atoms with Crippen molar-refractivity contribution in [2.24, 2.45) is 0 Å². The van der Waals surface area contributed by atoms with E-state index in [9.17, 15) is 4.79 Å². The standard InChI is InChI=1S/C18H20N2O/c21-18(19-13-15-7-3-1-4-8-15)20-12-11-17(14-20)16-9-5-2-6-10-16/h1-10,17H,11-14H2,(H,19,21). The second-order valence-electron chi connectivity index (χ2n) is 5.49. The van der Waals surface area contributed by atoms with Crippen LogP contribution in [0.25, 0.3) is 0 Å². The molecule has 0 bridgehead atoms. The Bertz CT molecular complexity index is 583. The summed E-state index contributed by atoms with van der Waals surface area (Å²) in [5.41, 5.74) is 2.46. The molecular formula is C18H20N2O. The number of benzene rings is 2. The van der Waals surface area contributed by atoms with Gasteiger partial charge in [0.05, 0.1) is 0 Å². The van der Waals surface area contributed by atoms with Crippen LogP contribution in [0.1, 0.15) is 23.5 Å². The number of hydrogen-bond acceptors (Lipinski definition) is 1. The summed E-state index contributed by atoms with van der Waals surface area (Å²) >= 11 is 0. The maximum Gasteiger partial charge on any atom is 0.317 e. The van der Waals surface area contributed by atoms with Crippen molar-refractivity contribution in [3.8, 4) is 0 Å². The van der Waals surface area contributed by atoms with E-state index in [2.05, 4.69) is 29.6 Å². The van der Waals surface area contributed by atoms with E-state index in [1.54, 1.807) is 0 Å². The molecule has 1 aliphatic heterocycles. The third-order valence-electron chi connectivity index (χ3n) is 4.03. The second kappa shape index (κ2) is 6.44. The van der Waals surface area contributed by atoms with Crippen LogP contribution in [0.5, 0.6) is 0 Å². The molecule has 1 fully saturated rings. The summed E-state index contributed by atoms with van der Waals surface area (Å²) in [7, 11) is 0. The van der Waals surface area contributed by atoms with Crippen molar-refractivity contribution in [2.45, 2.75) is 18.9 Å². The van der Waals surface area contributed by atoms with E-state index in [-0.39, 0.29) is 6.03 Å². The molecule has 1 saturated heterocycles. The highest BCUT2D eigenvalue weighted by atomic mass is 16.2. The lowest BCUT2D eigenvalue weighted by molar-refractivity contribution is 0.208. The fraction of sp³-hybridized carbons (Fsp3) is 0.278. The Balaban J connectivity index is 1.53. The fourth-order valence-corrected chi connectivity index (χ4v) is 2.83. The Hall–Kier alpha value is -2.29. The molecule has 3 heteroatoms. The minimum absolute atomic E-state index is 0.0392. The van der Waals surface area contributed by atoms with Crippen molar-refractivity contribution in [2.75, 3.05) is 13.1 Å². The Labute approximate surface area is 125 Å². The first-order chi connectivity index (χ1) is 10.3. The number of carbonyl (C=O) groups excluding carboxylic acids is 1. The summed E-state index contributed by atoms with van der Waals surface area (Å²) in [5, 5.41) is 3.00. The van der Waals surface area contributed by atoms with Crippen molar-refractivity contribution in [1.82, 2.24) is 10.2 Å². The van der Waals surface area contributed by atoms with Gasteiger partial charge in [0, 0.05) is 25.6 Å². The van der Waals surface area contributed by atoms with Crippen molar-refractivity contribution in [3.05, 3.63) is 71.8 Å². The van der Waals surface area contributed by atoms with Gasteiger partial charge in [-0.05, 0) is 17.5 Å². The number of carbonyl (C=O) groups is 1. The average molecular weight is 280 g/mol. The first kappa shape index (κ1) is 13.7. The molecule has 1 atom stereocenters. The van der Waals surface area contributed by atoms with Crippen LogP contribution in [0.2, 0.25) is 0 Å². The molecule has 0 spiro atoms. The highest BCUT2D eigenvalue weighted by Crippen LogP contribution is 2.26. The summed E-state index contributed by atoms with van der Waals surface area (Å²) < 4.78 is 0. The maximum atomic E-state index is 12.2. The monoisotopic (exact) mass is 280 g/mol. The zero-order valence-electron chi connectivity index (χ0n) is 12.0. The maximum absolute atomic E-state index is 12.2. The largest absolute Gasteiger partial charge is 0.334 e. The molecule has 21 heavy (non-hydrogen) atoms. The van der Waals surface area contributed by atoms with E-state index in [0.717, 1.165) is 25.1 Å². The lowest BCUT2D eigenvalue weighted by Gasteiger charge is -2.17. The van der Waals surface area contributed by atoms with Crippen LogP contribution in [-0.2, 0) is 6.54 Å². The summed E-state index contributed by atoms with van der Waals surface area (Å²) in [6.07, 6.45) is 1.04. The number of likely N-dealkylation sites (tertiary alicyclic amines) is 1. The van der Waals surface area contributed by atoms with Gasteiger partial charge in [-0.15, -0.1) is 0 Å². The molecule has 3 rings (SSSR count). The van der Waals surface area contributed by atoms with Gasteiger partial charge in [-0.3, -0.25) is 0 Å². The molecule has 0 radical (unpaired) electrons. The van der Waals surface area contributed by atoms with Crippen LogP contribution in [-0.4, -0.2) is 24.0 Å². The molecule has 0 aromatic heterocycles. The van der Waals surface area contributed by atoms with Crippen molar-refractivity contribution in [1.29, 1.82) is 0 Å². The SMILES string of the molecule is O=C(NCc1ccccc1)N1CCC(c2ccccc2)C1. The number of rotatable bonds is 3. The van der Waals surface area contributed by atoms with E-state index in [0.29, 0.717) is 12.5 Å². The number of urea groups is 1. The molecule has 1 unspecified atom stereocenters. The average Bonchev–Trinajstić information content (AvgIpc) is 3.04. The molecule has 0 aliphatic carbocycles. The van der Waals surface area contributed by atoms with Gasteiger partial charge in [-0.1, -0.05) is 60.7 Å². The quantitative estimate of drug-likeness (QED) is 0.918. The molecule has 1 heterocycles. The van der Waals surface area contributed by atoms with Gasteiger partial charge in [-0.25, -0.2) is 4.79 Å². The van der Waals surface area contributed by atoms with Crippen LogP contribution in [0, 0.1) is 0 Å². The van der Waals surface area contributed by atoms with E-state index < -0.39 is 0 Å². The lowest BCUT2D eigenvalue weighted by atomic mass is 9.99. The number of amides is 2. The smallest absolute Gasteiger partial charge is 0.317 e. The van der Waals surface area contributed by atoms with Crippen LogP contribution in [0.3, 0.4) is 0 Å². The van der Waals surface area contributed by atoms with E-state index >= 15 is 0 Å². The number of nitrogens with zero attached hydrogens (tertiary/aromatic N) is 1. The highest BCUT2D eigenvalue weighted by Gasteiger charge is 2.26. The molecule has 2 aromatic rings. The Morgan fingerprint density at radius 2 is 1.71 bits per heavy atom. The van der Waals surface area contributed by atoms with Gasteiger partial charge >= 0.3 is 6.03 Å². The molecule has 108 valence electrons. The molecule has 0 saturated carbocycles. The topological polar surface area (TPSA) is 32.3 Å². The van der Waals surface area contributed by atoms with Crippen molar-refractivity contribution >= 4 is 6.03 Å². The summed E-state index contributed by atoms with van der Waals surface area (Å²) in [4.78, 5) is 14.1. The van der Waals surface area contributed by atoms with E-state index in [4.69, 9.17) is 0 Å². The Morgan fingerprint density at radius 1 is 1.05 bits per heavy atom. The van der Waals surface area contributed by atoms with E-state index in [1.807, 2.05) is 41.3 Å². The fourth-order valence-electron chi connectivity index (χ4n) is 2.83. The van der Waals surface area contributed by atoms with Crippen molar-refractivity contribution < 1.29 is 4.79 Å². The van der Waals surface area contributed by atoms with Crippen LogP contribution >= 0.6 is 0 Å².